The molecule has 2 unspecified atom stereocenters. The minimum Gasteiger partial charge on any atom is -0.347 e. The first-order valence-corrected chi connectivity index (χ1v) is 9.64. The first-order chi connectivity index (χ1) is 13.4. The number of benzene rings is 2. The highest BCUT2D eigenvalue weighted by molar-refractivity contribution is 5.89. The Balaban J connectivity index is 2.08. The van der Waals surface area contributed by atoms with Crippen LogP contribution in [0.25, 0.3) is 0 Å². The van der Waals surface area contributed by atoms with Crippen LogP contribution in [0.2, 0.25) is 0 Å². The number of aryl methyl sites for hydroxylation is 1. The van der Waals surface area contributed by atoms with Gasteiger partial charge in [0.25, 0.3) is 0 Å². The van der Waals surface area contributed by atoms with E-state index in [-0.39, 0.29) is 17.9 Å². The average Bonchev–Trinajstić information content (AvgIpc) is 2.68. The van der Waals surface area contributed by atoms with E-state index >= 15 is 0 Å². The summed E-state index contributed by atoms with van der Waals surface area (Å²) in [7, 11) is 7.22. The van der Waals surface area contributed by atoms with Crippen LogP contribution in [0.4, 0.5) is 0 Å². The predicted octanol–water partition coefficient (Wildman–Crippen LogP) is 2.37. The van der Waals surface area contributed by atoms with E-state index in [1.165, 1.54) is 10.5 Å². The summed E-state index contributed by atoms with van der Waals surface area (Å²) < 4.78 is 0. The molecule has 0 saturated heterocycles. The molecule has 0 aliphatic carbocycles. The standard InChI is InChI=1S/C23H31N3O2/c1-25(2)21(16-15-18-11-7-5-8-12-18)22(27)24-20(23(28)26(3)4)17-19-13-9-6-10-14-19/h5-14,20-21H,15-17H2,1-4H3,(H,24,27). The molecule has 0 aliphatic rings. The van der Waals surface area contributed by atoms with E-state index in [0.29, 0.717) is 12.8 Å². The first kappa shape index (κ1) is 21.6. The van der Waals surface area contributed by atoms with Crippen molar-refractivity contribution in [2.45, 2.75) is 31.3 Å². The lowest BCUT2D eigenvalue weighted by atomic mass is 10.0. The maximum atomic E-state index is 13.0. The van der Waals surface area contributed by atoms with Gasteiger partial charge in [-0.1, -0.05) is 60.7 Å². The van der Waals surface area contributed by atoms with Gasteiger partial charge in [-0.2, -0.15) is 0 Å². The Bertz CT molecular complexity index is 745. The molecule has 2 atom stereocenters. The predicted molar refractivity (Wildman–Crippen MR) is 113 cm³/mol. The number of nitrogens with one attached hydrogen (secondary N) is 1. The number of rotatable bonds is 9. The monoisotopic (exact) mass is 381 g/mol. The normalized spacial score (nSPS) is 13.0. The number of carbonyl (C=O) groups excluding carboxylic acids is 2. The molecule has 0 radical (unpaired) electrons. The Hall–Kier alpha value is -2.66. The molecule has 0 spiro atoms. The van der Waals surface area contributed by atoms with Crippen LogP contribution < -0.4 is 5.32 Å². The molecule has 5 heteroatoms. The second-order valence-corrected chi connectivity index (χ2v) is 7.49. The Morgan fingerprint density at radius 2 is 1.39 bits per heavy atom. The van der Waals surface area contributed by atoms with E-state index < -0.39 is 6.04 Å². The summed E-state index contributed by atoms with van der Waals surface area (Å²) in [6.07, 6.45) is 1.97. The molecular formula is C23H31N3O2. The fraction of sp³-hybridized carbons (Fsp3) is 0.391. The zero-order valence-corrected chi connectivity index (χ0v) is 17.3. The van der Waals surface area contributed by atoms with Crippen molar-refractivity contribution in [3.05, 3.63) is 71.8 Å². The summed E-state index contributed by atoms with van der Waals surface area (Å²) in [5, 5.41) is 2.99. The van der Waals surface area contributed by atoms with Crippen molar-refractivity contribution in [3.8, 4) is 0 Å². The highest BCUT2D eigenvalue weighted by Crippen LogP contribution is 2.10. The lowest BCUT2D eigenvalue weighted by Gasteiger charge is -2.27. The maximum Gasteiger partial charge on any atom is 0.244 e. The third-order valence-electron chi connectivity index (χ3n) is 4.81. The fourth-order valence-corrected chi connectivity index (χ4v) is 3.20. The Kier molecular flexibility index (Phi) is 8.20. The van der Waals surface area contributed by atoms with Crippen molar-refractivity contribution in [1.82, 2.24) is 15.1 Å². The van der Waals surface area contributed by atoms with Crippen LogP contribution in [0.1, 0.15) is 17.5 Å². The topological polar surface area (TPSA) is 52.7 Å². The molecule has 5 nitrogen and oxygen atoms in total. The zero-order chi connectivity index (χ0) is 20.5. The van der Waals surface area contributed by atoms with Gasteiger partial charge in [-0.05, 0) is 38.1 Å². The molecule has 0 fully saturated rings. The second kappa shape index (κ2) is 10.6. The van der Waals surface area contributed by atoms with Crippen LogP contribution in [0.5, 0.6) is 0 Å². The number of likely N-dealkylation sites (N-methyl/N-ethyl adjacent to an activating group) is 2. The molecular weight excluding hydrogens is 350 g/mol. The number of amides is 2. The van der Waals surface area contributed by atoms with E-state index in [1.807, 2.05) is 67.5 Å². The molecule has 2 amide bonds. The number of hydrogen-bond acceptors (Lipinski definition) is 3. The number of hydrogen-bond donors (Lipinski definition) is 1. The summed E-state index contributed by atoms with van der Waals surface area (Å²) in [6, 6.07) is 19.0. The number of carbonyl (C=O) groups is 2. The highest BCUT2D eigenvalue weighted by atomic mass is 16.2. The maximum absolute atomic E-state index is 13.0. The van der Waals surface area contributed by atoms with Crippen LogP contribution in [-0.4, -0.2) is 61.9 Å². The first-order valence-electron chi connectivity index (χ1n) is 9.64. The van der Waals surface area contributed by atoms with E-state index in [0.717, 1.165) is 12.0 Å². The van der Waals surface area contributed by atoms with Gasteiger partial charge in [-0.3, -0.25) is 14.5 Å². The zero-order valence-electron chi connectivity index (χ0n) is 17.3. The Morgan fingerprint density at radius 1 is 0.857 bits per heavy atom. The summed E-state index contributed by atoms with van der Waals surface area (Å²) in [4.78, 5) is 29.1. The largest absolute Gasteiger partial charge is 0.347 e. The van der Waals surface area contributed by atoms with Crippen LogP contribution in [0, 0.1) is 0 Å². The quantitative estimate of drug-likeness (QED) is 0.726. The van der Waals surface area contributed by atoms with Crippen molar-refractivity contribution in [3.63, 3.8) is 0 Å². The van der Waals surface area contributed by atoms with Crippen molar-refractivity contribution in [2.75, 3.05) is 28.2 Å². The van der Waals surface area contributed by atoms with E-state index in [4.69, 9.17) is 0 Å². The molecule has 2 aromatic rings. The Labute approximate surface area is 168 Å². The molecule has 2 rings (SSSR count). The smallest absolute Gasteiger partial charge is 0.244 e. The molecule has 150 valence electrons. The second-order valence-electron chi connectivity index (χ2n) is 7.49. The van der Waals surface area contributed by atoms with Crippen molar-refractivity contribution in [1.29, 1.82) is 0 Å². The van der Waals surface area contributed by atoms with Gasteiger partial charge < -0.3 is 10.2 Å². The molecule has 0 aromatic heterocycles. The molecule has 0 heterocycles. The van der Waals surface area contributed by atoms with Gasteiger partial charge in [0.15, 0.2) is 0 Å². The van der Waals surface area contributed by atoms with Gasteiger partial charge >= 0.3 is 0 Å². The van der Waals surface area contributed by atoms with Crippen molar-refractivity contribution in [2.24, 2.45) is 0 Å². The van der Waals surface area contributed by atoms with E-state index in [2.05, 4.69) is 17.4 Å². The van der Waals surface area contributed by atoms with Crippen LogP contribution in [0.3, 0.4) is 0 Å². The molecule has 0 saturated carbocycles. The molecule has 28 heavy (non-hydrogen) atoms. The average molecular weight is 382 g/mol. The van der Waals surface area contributed by atoms with Gasteiger partial charge in [0.2, 0.25) is 11.8 Å². The summed E-state index contributed by atoms with van der Waals surface area (Å²) in [6.45, 7) is 0. The van der Waals surface area contributed by atoms with Crippen LogP contribution >= 0.6 is 0 Å². The lowest BCUT2D eigenvalue weighted by Crippen LogP contribution is -2.53. The van der Waals surface area contributed by atoms with Crippen molar-refractivity contribution < 1.29 is 9.59 Å². The van der Waals surface area contributed by atoms with Gasteiger partial charge in [-0.15, -0.1) is 0 Å². The minimum absolute atomic E-state index is 0.0993. The lowest BCUT2D eigenvalue weighted by molar-refractivity contribution is -0.135. The number of nitrogens with zero attached hydrogens (tertiary/aromatic N) is 2. The Morgan fingerprint density at radius 3 is 1.89 bits per heavy atom. The minimum atomic E-state index is -0.580. The third-order valence-corrected chi connectivity index (χ3v) is 4.81. The molecule has 0 aliphatic heterocycles. The van der Waals surface area contributed by atoms with Crippen LogP contribution in [-0.2, 0) is 22.4 Å². The summed E-state index contributed by atoms with van der Waals surface area (Å²) >= 11 is 0. The van der Waals surface area contributed by atoms with Gasteiger partial charge in [0.1, 0.15) is 6.04 Å². The third kappa shape index (κ3) is 6.50. The molecule has 1 N–H and O–H groups in total. The fourth-order valence-electron chi connectivity index (χ4n) is 3.20. The SMILES string of the molecule is CN(C)C(=O)C(Cc1ccccc1)NC(=O)C(CCc1ccccc1)N(C)C. The van der Waals surface area contributed by atoms with E-state index in [9.17, 15) is 9.59 Å². The molecule has 0 bridgehead atoms. The van der Waals surface area contributed by atoms with Crippen LogP contribution in [0.15, 0.2) is 60.7 Å². The highest BCUT2D eigenvalue weighted by Gasteiger charge is 2.27. The molecule has 2 aromatic carbocycles. The van der Waals surface area contributed by atoms with Gasteiger partial charge in [0, 0.05) is 20.5 Å². The van der Waals surface area contributed by atoms with Gasteiger partial charge in [-0.25, -0.2) is 0 Å². The summed E-state index contributed by atoms with van der Waals surface area (Å²) in [5.41, 5.74) is 2.22. The van der Waals surface area contributed by atoms with Crippen molar-refractivity contribution >= 4 is 11.8 Å². The van der Waals surface area contributed by atoms with E-state index in [1.54, 1.807) is 14.1 Å². The summed E-state index contributed by atoms with van der Waals surface area (Å²) in [5.74, 6) is -0.213. The van der Waals surface area contributed by atoms with Gasteiger partial charge in [0.05, 0.1) is 6.04 Å².